The molecule has 1 unspecified atom stereocenters. The fraction of sp³-hybridized carbons (Fsp3) is 0.789. The van der Waals surface area contributed by atoms with Crippen molar-refractivity contribution in [2.24, 2.45) is 0 Å². The van der Waals surface area contributed by atoms with Crippen LogP contribution in [-0.4, -0.2) is 37.2 Å². The molecule has 446 valence electrons. The number of ether oxygens (including phenoxy) is 3. The minimum atomic E-state index is -0.786. The maximum atomic E-state index is 12.9. The molecule has 0 spiro atoms. The van der Waals surface area contributed by atoms with Gasteiger partial charge in [-0.05, 0) is 109 Å². The summed E-state index contributed by atoms with van der Waals surface area (Å²) < 4.78 is 16.9. The molecule has 0 saturated carbocycles. The van der Waals surface area contributed by atoms with E-state index >= 15 is 0 Å². The molecule has 0 saturated heterocycles. The highest BCUT2D eigenvalue weighted by Crippen LogP contribution is 2.17. The number of rotatable bonds is 61. The van der Waals surface area contributed by atoms with E-state index in [0.717, 1.165) is 103 Å². The summed E-state index contributed by atoms with van der Waals surface area (Å²) in [5.41, 5.74) is 0. The van der Waals surface area contributed by atoms with Crippen LogP contribution in [0, 0.1) is 0 Å². The van der Waals surface area contributed by atoms with Crippen molar-refractivity contribution >= 4 is 17.9 Å². The lowest BCUT2D eigenvalue weighted by atomic mass is 10.0. The molecule has 0 rings (SSSR count). The van der Waals surface area contributed by atoms with Crippen molar-refractivity contribution in [1.29, 1.82) is 0 Å². The lowest BCUT2D eigenvalue weighted by Gasteiger charge is -2.18. The molecule has 77 heavy (non-hydrogen) atoms. The van der Waals surface area contributed by atoms with Crippen LogP contribution in [0.15, 0.2) is 72.9 Å². The number of carbonyl (C=O) groups is 3. The van der Waals surface area contributed by atoms with Gasteiger partial charge in [0.2, 0.25) is 0 Å². The zero-order chi connectivity index (χ0) is 55.7. The third-order valence-electron chi connectivity index (χ3n) is 14.7. The molecule has 1 atom stereocenters. The second kappa shape index (κ2) is 65.4. The molecule has 0 aliphatic carbocycles. The van der Waals surface area contributed by atoms with Crippen LogP contribution in [-0.2, 0) is 28.6 Å². The summed E-state index contributed by atoms with van der Waals surface area (Å²) in [7, 11) is 0. The van der Waals surface area contributed by atoms with Crippen LogP contribution in [0.5, 0.6) is 0 Å². The summed E-state index contributed by atoms with van der Waals surface area (Å²) >= 11 is 0. The minimum Gasteiger partial charge on any atom is -0.462 e. The lowest BCUT2D eigenvalue weighted by molar-refractivity contribution is -0.167. The largest absolute Gasteiger partial charge is 0.462 e. The Kier molecular flexibility index (Phi) is 62.7. The molecule has 0 heterocycles. The quantitative estimate of drug-likeness (QED) is 0.0261. The maximum absolute atomic E-state index is 12.9. The van der Waals surface area contributed by atoms with Gasteiger partial charge in [0.15, 0.2) is 6.10 Å². The van der Waals surface area contributed by atoms with Crippen molar-refractivity contribution < 1.29 is 28.6 Å². The van der Waals surface area contributed by atoms with Gasteiger partial charge < -0.3 is 14.2 Å². The molecule has 6 nitrogen and oxygen atoms in total. The molecule has 0 bridgehead atoms. The number of allylic oxidation sites excluding steroid dienone is 12. The van der Waals surface area contributed by atoms with Gasteiger partial charge in [0.1, 0.15) is 13.2 Å². The van der Waals surface area contributed by atoms with Gasteiger partial charge in [-0.1, -0.05) is 286 Å². The Morgan fingerprint density at radius 1 is 0.260 bits per heavy atom. The van der Waals surface area contributed by atoms with Crippen LogP contribution in [0.25, 0.3) is 0 Å². The Bertz CT molecular complexity index is 1420. The standard InChI is InChI=1S/C71H126O6/c1-4-7-10-13-16-19-22-25-28-30-31-32-33-34-35-36-37-38-39-40-41-42-44-46-49-52-55-58-61-64-70(73)76-67-68(66-75-69(72)63-60-57-54-51-48-45-27-24-21-18-15-12-9-6-3)77-71(74)65-62-59-56-53-50-47-43-29-26-23-20-17-14-11-8-5-2/h15,18,22,24-25,27,29-31,33-34,43,68H,4-14,16-17,19-21,23,26,28,32,35-42,44-67H2,1-3H3/b18-15-,25-22-,27-24-,31-30-,34-33-,43-29-. The summed E-state index contributed by atoms with van der Waals surface area (Å²) in [4.78, 5) is 38.3. The van der Waals surface area contributed by atoms with Gasteiger partial charge in [-0.25, -0.2) is 0 Å². The van der Waals surface area contributed by atoms with E-state index in [4.69, 9.17) is 14.2 Å². The van der Waals surface area contributed by atoms with E-state index in [0.29, 0.717) is 19.3 Å². The second-order valence-electron chi connectivity index (χ2n) is 22.4. The van der Waals surface area contributed by atoms with Crippen LogP contribution >= 0.6 is 0 Å². The first-order valence-electron chi connectivity index (χ1n) is 33.4. The molecule has 0 fully saturated rings. The van der Waals surface area contributed by atoms with Gasteiger partial charge in [-0.3, -0.25) is 14.4 Å². The summed E-state index contributed by atoms with van der Waals surface area (Å²) in [6.07, 6.45) is 84.9. The third-order valence-corrected chi connectivity index (χ3v) is 14.7. The molecule has 0 aliphatic rings. The molecule has 6 heteroatoms. The van der Waals surface area contributed by atoms with E-state index in [9.17, 15) is 14.4 Å². The highest BCUT2D eigenvalue weighted by Gasteiger charge is 2.19. The van der Waals surface area contributed by atoms with Gasteiger partial charge in [0.05, 0.1) is 0 Å². The van der Waals surface area contributed by atoms with Crippen LogP contribution in [0.1, 0.15) is 342 Å². The van der Waals surface area contributed by atoms with Gasteiger partial charge in [0, 0.05) is 19.3 Å². The summed E-state index contributed by atoms with van der Waals surface area (Å²) in [5, 5.41) is 0. The van der Waals surface area contributed by atoms with E-state index < -0.39 is 6.10 Å². The third kappa shape index (κ3) is 63.6. The smallest absolute Gasteiger partial charge is 0.306 e. The zero-order valence-electron chi connectivity index (χ0n) is 51.2. The molecule has 0 aromatic rings. The molecule has 0 aromatic heterocycles. The first-order valence-corrected chi connectivity index (χ1v) is 33.4. The molecule has 0 aliphatic heterocycles. The Morgan fingerprint density at radius 2 is 0.481 bits per heavy atom. The van der Waals surface area contributed by atoms with Crippen LogP contribution in [0.3, 0.4) is 0 Å². The highest BCUT2D eigenvalue weighted by atomic mass is 16.6. The van der Waals surface area contributed by atoms with Gasteiger partial charge >= 0.3 is 17.9 Å². The lowest BCUT2D eigenvalue weighted by Crippen LogP contribution is -2.30. The highest BCUT2D eigenvalue weighted by molar-refractivity contribution is 5.71. The summed E-state index contributed by atoms with van der Waals surface area (Å²) in [6, 6.07) is 0. The van der Waals surface area contributed by atoms with Gasteiger partial charge in [-0.15, -0.1) is 0 Å². The Labute approximate surface area is 478 Å². The molecular formula is C71H126O6. The number of hydrogen-bond acceptors (Lipinski definition) is 6. The zero-order valence-corrected chi connectivity index (χ0v) is 51.2. The van der Waals surface area contributed by atoms with E-state index in [1.807, 2.05) is 0 Å². The Morgan fingerprint density at radius 3 is 0.779 bits per heavy atom. The van der Waals surface area contributed by atoms with Crippen molar-refractivity contribution in [1.82, 2.24) is 0 Å². The molecular weight excluding hydrogens is 949 g/mol. The predicted molar refractivity (Wildman–Crippen MR) is 335 cm³/mol. The molecule has 0 amide bonds. The van der Waals surface area contributed by atoms with Crippen LogP contribution in [0.4, 0.5) is 0 Å². The minimum absolute atomic E-state index is 0.0815. The molecule has 0 aromatic carbocycles. The normalized spacial score (nSPS) is 12.5. The summed E-state index contributed by atoms with van der Waals surface area (Å²) in [6.45, 7) is 6.60. The average molecular weight is 1080 g/mol. The molecule has 0 radical (unpaired) electrons. The van der Waals surface area contributed by atoms with Crippen molar-refractivity contribution in [2.75, 3.05) is 13.2 Å². The number of esters is 3. The van der Waals surface area contributed by atoms with Crippen LogP contribution in [0.2, 0.25) is 0 Å². The summed E-state index contributed by atoms with van der Waals surface area (Å²) in [5.74, 6) is -0.890. The Hall–Kier alpha value is -3.15. The SMILES string of the molecule is CCCC/C=C\C/C=C\CCCCCCCC(=O)OCC(COC(=O)CCCCCCCCCCCCCCCC/C=C\C/C=C\C/C=C\CCCCCCC)OC(=O)CCCCCCC/C=C\CCCCCCCCC. The van der Waals surface area contributed by atoms with E-state index in [1.54, 1.807) is 0 Å². The second-order valence-corrected chi connectivity index (χ2v) is 22.4. The first kappa shape index (κ1) is 73.8. The average Bonchev–Trinajstić information content (AvgIpc) is 3.43. The van der Waals surface area contributed by atoms with Crippen molar-refractivity contribution in [3.63, 3.8) is 0 Å². The predicted octanol–water partition coefficient (Wildman–Crippen LogP) is 22.9. The monoisotopic (exact) mass is 1070 g/mol. The van der Waals surface area contributed by atoms with Crippen molar-refractivity contribution in [2.45, 2.75) is 348 Å². The Balaban J connectivity index is 4.25. The number of unbranched alkanes of at least 4 members (excludes halogenated alkanes) is 38. The van der Waals surface area contributed by atoms with Gasteiger partial charge in [0.25, 0.3) is 0 Å². The van der Waals surface area contributed by atoms with Crippen molar-refractivity contribution in [3.8, 4) is 0 Å². The van der Waals surface area contributed by atoms with Gasteiger partial charge in [-0.2, -0.15) is 0 Å². The first-order chi connectivity index (χ1) is 38.0. The van der Waals surface area contributed by atoms with E-state index in [-0.39, 0.29) is 31.1 Å². The van der Waals surface area contributed by atoms with Crippen molar-refractivity contribution in [3.05, 3.63) is 72.9 Å². The van der Waals surface area contributed by atoms with E-state index in [1.165, 1.54) is 199 Å². The number of carbonyl (C=O) groups excluding carboxylic acids is 3. The van der Waals surface area contributed by atoms with E-state index in [2.05, 4.69) is 93.7 Å². The fourth-order valence-corrected chi connectivity index (χ4v) is 9.58. The number of hydrogen-bond donors (Lipinski definition) is 0. The van der Waals surface area contributed by atoms with Crippen LogP contribution < -0.4 is 0 Å². The topological polar surface area (TPSA) is 78.9 Å². The fourth-order valence-electron chi connectivity index (χ4n) is 9.58. The molecule has 0 N–H and O–H groups in total. The maximum Gasteiger partial charge on any atom is 0.306 e.